The summed E-state index contributed by atoms with van der Waals surface area (Å²) in [6.45, 7) is 5.83. The Hall–Kier alpha value is -1.10. The first-order valence-corrected chi connectivity index (χ1v) is 6.21. The second-order valence-electron chi connectivity index (χ2n) is 4.29. The molecule has 1 fully saturated rings. The number of hydrogen-bond acceptors (Lipinski definition) is 4. The van der Waals surface area contributed by atoms with E-state index in [4.69, 9.17) is 0 Å². The highest BCUT2D eigenvalue weighted by Crippen LogP contribution is 2.26. The number of carbonyl (C=O) groups excluding carboxylic acids is 2. The zero-order valence-corrected chi connectivity index (χ0v) is 10.9. The van der Waals surface area contributed by atoms with Gasteiger partial charge in [-0.2, -0.15) is 0 Å². The van der Waals surface area contributed by atoms with Crippen molar-refractivity contribution in [2.75, 3.05) is 33.3 Å². The second-order valence-corrected chi connectivity index (χ2v) is 4.29. The number of carbonyl (C=O) groups is 2. The van der Waals surface area contributed by atoms with Gasteiger partial charge >= 0.3 is 5.97 Å². The fraction of sp³-hybridized carbons (Fsp3) is 0.833. The number of hydrogen-bond donors (Lipinski definition) is 0. The van der Waals surface area contributed by atoms with Gasteiger partial charge in [0.05, 0.1) is 20.2 Å². The van der Waals surface area contributed by atoms with Gasteiger partial charge in [-0.15, -0.1) is 0 Å². The van der Waals surface area contributed by atoms with Crippen molar-refractivity contribution in [3.05, 3.63) is 0 Å². The van der Waals surface area contributed by atoms with Crippen LogP contribution in [0.5, 0.6) is 0 Å². The molecule has 1 amide bonds. The smallest absolute Gasteiger partial charge is 0.319 e. The van der Waals surface area contributed by atoms with Crippen molar-refractivity contribution >= 4 is 11.9 Å². The van der Waals surface area contributed by atoms with Crippen molar-refractivity contribution in [3.63, 3.8) is 0 Å². The molecule has 98 valence electrons. The molecule has 0 unspecified atom stereocenters. The van der Waals surface area contributed by atoms with Crippen molar-refractivity contribution in [3.8, 4) is 0 Å². The molecule has 1 aliphatic rings. The van der Waals surface area contributed by atoms with Gasteiger partial charge in [0, 0.05) is 12.6 Å². The Labute approximate surface area is 103 Å². The Morgan fingerprint density at radius 2 is 1.82 bits per heavy atom. The summed E-state index contributed by atoms with van der Waals surface area (Å²) in [5.41, 5.74) is 0. The van der Waals surface area contributed by atoms with Crippen molar-refractivity contribution in [1.82, 2.24) is 9.80 Å². The normalized spacial score (nSPS) is 14.8. The van der Waals surface area contributed by atoms with Crippen molar-refractivity contribution in [1.29, 1.82) is 0 Å². The lowest BCUT2D eigenvalue weighted by Gasteiger charge is -2.25. The van der Waals surface area contributed by atoms with Crippen LogP contribution in [0.1, 0.15) is 26.7 Å². The van der Waals surface area contributed by atoms with Gasteiger partial charge in [0.15, 0.2) is 0 Å². The van der Waals surface area contributed by atoms with E-state index in [0.29, 0.717) is 19.1 Å². The Morgan fingerprint density at radius 1 is 1.18 bits per heavy atom. The van der Waals surface area contributed by atoms with E-state index in [1.165, 1.54) is 7.11 Å². The predicted octanol–water partition coefficient (Wildman–Crippen LogP) is 0.492. The van der Waals surface area contributed by atoms with Crippen LogP contribution in [-0.4, -0.2) is 61.0 Å². The lowest BCUT2D eigenvalue weighted by Crippen LogP contribution is -2.43. The van der Waals surface area contributed by atoms with E-state index in [1.807, 2.05) is 18.7 Å². The summed E-state index contributed by atoms with van der Waals surface area (Å²) >= 11 is 0. The number of ether oxygens (including phenoxy) is 1. The Kier molecular flexibility index (Phi) is 5.41. The van der Waals surface area contributed by atoms with Gasteiger partial charge in [0.1, 0.15) is 0 Å². The highest BCUT2D eigenvalue weighted by atomic mass is 16.5. The highest BCUT2D eigenvalue weighted by molar-refractivity contribution is 5.80. The molecule has 0 aromatic rings. The lowest BCUT2D eigenvalue weighted by molar-refractivity contribution is -0.142. The molecule has 0 aliphatic heterocycles. The predicted molar refractivity (Wildman–Crippen MR) is 64.5 cm³/mol. The molecule has 17 heavy (non-hydrogen) atoms. The van der Waals surface area contributed by atoms with E-state index in [-0.39, 0.29) is 18.4 Å². The molecule has 5 heteroatoms. The minimum Gasteiger partial charge on any atom is -0.468 e. The number of rotatable bonds is 7. The fourth-order valence-electron chi connectivity index (χ4n) is 1.83. The first-order chi connectivity index (χ1) is 8.12. The van der Waals surface area contributed by atoms with E-state index in [1.54, 1.807) is 4.90 Å². The van der Waals surface area contributed by atoms with Crippen LogP contribution in [0.3, 0.4) is 0 Å². The molecule has 0 bridgehead atoms. The largest absolute Gasteiger partial charge is 0.468 e. The minimum absolute atomic E-state index is 0.112. The number of likely N-dealkylation sites (N-methyl/N-ethyl adjacent to an activating group) is 2. The van der Waals surface area contributed by atoms with Crippen molar-refractivity contribution in [2.45, 2.75) is 32.7 Å². The summed E-state index contributed by atoms with van der Waals surface area (Å²) in [6.07, 6.45) is 2.23. The van der Waals surface area contributed by atoms with Gasteiger partial charge in [-0.25, -0.2) is 0 Å². The van der Waals surface area contributed by atoms with E-state index in [2.05, 4.69) is 4.74 Å². The summed E-state index contributed by atoms with van der Waals surface area (Å²) in [4.78, 5) is 26.9. The minimum atomic E-state index is -0.297. The van der Waals surface area contributed by atoms with Crippen molar-refractivity contribution < 1.29 is 14.3 Å². The molecule has 1 saturated carbocycles. The van der Waals surface area contributed by atoms with E-state index in [9.17, 15) is 9.59 Å². The third-order valence-corrected chi connectivity index (χ3v) is 3.04. The molecule has 0 aromatic heterocycles. The molecule has 1 aliphatic carbocycles. The maximum absolute atomic E-state index is 12.0. The van der Waals surface area contributed by atoms with Crippen molar-refractivity contribution in [2.24, 2.45) is 0 Å². The SMILES string of the molecule is CCN(CC(=O)OC)CC(=O)N(CC)C1CC1. The Balaban J connectivity index is 2.43. The average Bonchev–Trinajstić information content (AvgIpc) is 3.13. The zero-order chi connectivity index (χ0) is 12.8. The number of amides is 1. The molecular weight excluding hydrogens is 220 g/mol. The molecule has 0 aromatic carbocycles. The molecule has 5 nitrogen and oxygen atoms in total. The van der Waals surface area contributed by atoms with Crippen LogP contribution in [0.4, 0.5) is 0 Å². The van der Waals surface area contributed by atoms with Crippen LogP contribution >= 0.6 is 0 Å². The topological polar surface area (TPSA) is 49.9 Å². The van der Waals surface area contributed by atoms with Gasteiger partial charge < -0.3 is 9.64 Å². The summed E-state index contributed by atoms with van der Waals surface area (Å²) in [6, 6.07) is 0.435. The third-order valence-electron chi connectivity index (χ3n) is 3.04. The van der Waals surface area contributed by atoms with E-state index < -0.39 is 0 Å². The van der Waals surface area contributed by atoms with Gasteiger partial charge in [-0.1, -0.05) is 6.92 Å². The van der Waals surface area contributed by atoms with E-state index >= 15 is 0 Å². The third kappa shape index (κ3) is 4.34. The number of methoxy groups -OCH3 is 1. The van der Waals surface area contributed by atoms with Crippen LogP contribution < -0.4 is 0 Å². The van der Waals surface area contributed by atoms with Crippen LogP contribution in [0.15, 0.2) is 0 Å². The summed E-state index contributed by atoms with van der Waals surface area (Å²) in [5, 5.41) is 0. The molecule has 0 radical (unpaired) electrons. The molecule has 1 rings (SSSR count). The molecular formula is C12H22N2O3. The van der Waals surface area contributed by atoms with E-state index in [0.717, 1.165) is 19.4 Å². The summed E-state index contributed by atoms with van der Waals surface area (Å²) < 4.78 is 4.61. The van der Waals surface area contributed by atoms with Crippen LogP contribution in [0, 0.1) is 0 Å². The quantitative estimate of drug-likeness (QED) is 0.610. The van der Waals surface area contributed by atoms with Crippen LogP contribution in [-0.2, 0) is 14.3 Å². The van der Waals surface area contributed by atoms with Gasteiger partial charge in [-0.3, -0.25) is 14.5 Å². The molecule has 0 N–H and O–H groups in total. The van der Waals surface area contributed by atoms with Crippen LogP contribution in [0.25, 0.3) is 0 Å². The highest BCUT2D eigenvalue weighted by Gasteiger charge is 2.31. The Morgan fingerprint density at radius 3 is 2.24 bits per heavy atom. The second kappa shape index (κ2) is 6.59. The Bertz CT molecular complexity index is 277. The zero-order valence-electron chi connectivity index (χ0n) is 10.9. The first-order valence-electron chi connectivity index (χ1n) is 6.21. The van der Waals surface area contributed by atoms with Gasteiger partial charge in [0.25, 0.3) is 0 Å². The molecule has 0 spiro atoms. The maximum Gasteiger partial charge on any atom is 0.319 e. The molecule has 0 heterocycles. The lowest BCUT2D eigenvalue weighted by atomic mass is 10.4. The average molecular weight is 242 g/mol. The molecule has 0 saturated heterocycles. The fourth-order valence-corrected chi connectivity index (χ4v) is 1.83. The summed E-state index contributed by atoms with van der Waals surface area (Å²) in [5.74, 6) is -0.185. The standard InChI is InChI=1S/C12H22N2O3/c1-4-13(9-12(16)17-3)8-11(15)14(5-2)10-6-7-10/h10H,4-9H2,1-3H3. The monoisotopic (exact) mass is 242 g/mol. The maximum atomic E-state index is 12.0. The van der Waals surface area contributed by atoms with Gasteiger partial charge in [0.2, 0.25) is 5.91 Å². The number of nitrogens with zero attached hydrogens (tertiary/aromatic N) is 2. The van der Waals surface area contributed by atoms with Gasteiger partial charge in [-0.05, 0) is 26.3 Å². The molecule has 0 atom stereocenters. The van der Waals surface area contributed by atoms with Crippen LogP contribution in [0.2, 0.25) is 0 Å². The summed E-state index contributed by atoms with van der Waals surface area (Å²) in [7, 11) is 1.36. The number of esters is 1. The first kappa shape index (κ1) is 14.0.